The molecular weight excluding hydrogens is 236 g/mol. The second kappa shape index (κ2) is 4.80. The molecule has 3 nitrogen and oxygen atoms in total. The van der Waals surface area contributed by atoms with Gasteiger partial charge in [-0.15, -0.1) is 0 Å². The first kappa shape index (κ1) is 12.9. The first-order valence-electron chi connectivity index (χ1n) is 7.34. The van der Waals surface area contributed by atoms with Crippen molar-refractivity contribution in [2.75, 3.05) is 26.2 Å². The van der Waals surface area contributed by atoms with Crippen molar-refractivity contribution < 1.29 is 5.11 Å². The van der Waals surface area contributed by atoms with Gasteiger partial charge in [0.25, 0.3) is 0 Å². The van der Waals surface area contributed by atoms with Gasteiger partial charge in [0, 0.05) is 32.2 Å². The van der Waals surface area contributed by atoms with E-state index in [9.17, 15) is 5.11 Å². The summed E-state index contributed by atoms with van der Waals surface area (Å²) in [5.41, 5.74) is 1.45. The number of rotatable bonds is 1. The molecule has 2 aliphatic rings. The third kappa shape index (κ3) is 2.26. The highest BCUT2D eigenvalue weighted by Gasteiger charge is 2.43. The number of benzene rings is 1. The lowest BCUT2D eigenvalue weighted by molar-refractivity contribution is 0.0391. The number of piperazine rings is 1. The number of phenols is 1. The predicted octanol–water partition coefficient (Wildman–Crippen LogP) is 1.96. The van der Waals surface area contributed by atoms with E-state index in [0.717, 1.165) is 13.1 Å². The fraction of sp³-hybridized carbons (Fsp3) is 0.625. The summed E-state index contributed by atoms with van der Waals surface area (Å²) in [6, 6.07) is 8.48. The summed E-state index contributed by atoms with van der Waals surface area (Å²) in [6.45, 7) is 9.26. The average Bonchev–Trinajstić information content (AvgIpc) is 2.40. The minimum absolute atomic E-state index is 0.166. The highest BCUT2D eigenvalue weighted by molar-refractivity contribution is 5.34. The maximum absolute atomic E-state index is 9.75. The summed E-state index contributed by atoms with van der Waals surface area (Å²) >= 11 is 0. The summed E-state index contributed by atoms with van der Waals surface area (Å²) in [6.07, 6.45) is 1.17. The molecule has 2 N–H and O–H groups in total. The van der Waals surface area contributed by atoms with Gasteiger partial charge in [-0.2, -0.15) is 0 Å². The fourth-order valence-corrected chi connectivity index (χ4v) is 3.75. The van der Waals surface area contributed by atoms with Crippen LogP contribution < -0.4 is 5.32 Å². The lowest BCUT2D eigenvalue weighted by Crippen LogP contribution is -2.60. The maximum atomic E-state index is 9.75. The van der Waals surface area contributed by atoms with Crippen LogP contribution in [-0.4, -0.2) is 42.2 Å². The van der Waals surface area contributed by atoms with Crippen LogP contribution in [0.5, 0.6) is 5.75 Å². The van der Waals surface area contributed by atoms with E-state index in [0.29, 0.717) is 17.7 Å². The van der Waals surface area contributed by atoms with Gasteiger partial charge in [-0.1, -0.05) is 26.0 Å². The van der Waals surface area contributed by atoms with Crippen molar-refractivity contribution in [3.05, 3.63) is 29.8 Å². The molecule has 2 aliphatic heterocycles. The molecule has 0 spiro atoms. The summed E-state index contributed by atoms with van der Waals surface area (Å²) in [5.74, 6) is 0.999. The molecule has 1 aromatic rings. The number of nitrogens with one attached hydrogen (secondary N) is 1. The zero-order valence-electron chi connectivity index (χ0n) is 11.9. The molecular formula is C16H24N2O. The predicted molar refractivity (Wildman–Crippen MR) is 77.5 cm³/mol. The second-order valence-corrected chi connectivity index (χ2v) is 6.43. The van der Waals surface area contributed by atoms with E-state index >= 15 is 0 Å². The molecule has 3 atom stereocenters. The first-order chi connectivity index (χ1) is 9.09. The largest absolute Gasteiger partial charge is 0.508 e. The molecule has 0 unspecified atom stereocenters. The molecule has 0 saturated carbocycles. The van der Waals surface area contributed by atoms with Crippen molar-refractivity contribution >= 4 is 0 Å². The lowest BCUT2D eigenvalue weighted by Gasteiger charge is -2.51. The van der Waals surface area contributed by atoms with Gasteiger partial charge in [-0.05, 0) is 35.4 Å². The fourth-order valence-electron chi connectivity index (χ4n) is 3.75. The highest BCUT2D eigenvalue weighted by atomic mass is 16.3. The van der Waals surface area contributed by atoms with E-state index in [1.54, 1.807) is 6.07 Å². The Balaban J connectivity index is 1.90. The number of piperidine rings is 1. The normalized spacial score (nSPS) is 35.9. The Kier molecular flexibility index (Phi) is 3.27. The monoisotopic (exact) mass is 260 g/mol. The van der Waals surface area contributed by atoms with Crippen molar-refractivity contribution in [2.24, 2.45) is 5.92 Å². The molecule has 104 valence electrons. The van der Waals surface area contributed by atoms with Gasteiger partial charge in [0.2, 0.25) is 0 Å². The summed E-state index contributed by atoms with van der Waals surface area (Å²) in [4.78, 5) is 2.63. The van der Waals surface area contributed by atoms with Crippen LogP contribution in [0.1, 0.15) is 25.8 Å². The van der Waals surface area contributed by atoms with Crippen molar-refractivity contribution in [2.45, 2.75) is 31.7 Å². The van der Waals surface area contributed by atoms with E-state index < -0.39 is 0 Å². The Morgan fingerprint density at radius 1 is 1.42 bits per heavy atom. The molecule has 2 heterocycles. The van der Waals surface area contributed by atoms with Gasteiger partial charge in [0.15, 0.2) is 0 Å². The number of hydrogen-bond acceptors (Lipinski definition) is 3. The quantitative estimate of drug-likeness (QED) is 0.810. The van der Waals surface area contributed by atoms with Gasteiger partial charge >= 0.3 is 0 Å². The van der Waals surface area contributed by atoms with Crippen LogP contribution in [-0.2, 0) is 5.41 Å². The summed E-state index contributed by atoms with van der Waals surface area (Å²) in [5, 5.41) is 13.3. The maximum Gasteiger partial charge on any atom is 0.115 e. The van der Waals surface area contributed by atoms with Crippen LogP contribution in [0.4, 0.5) is 0 Å². The molecule has 0 aliphatic carbocycles. The number of hydrogen-bond donors (Lipinski definition) is 2. The van der Waals surface area contributed by atoms with E-state index in [1.807, 2.05) is 12.1 Å². The second-order valence-electron chi connectivity index (χ2n) is 6.43. The van der Waals surface area contributed by atoms with E-state index in [-0.39, 0.29) is 5.41 Å². The standard InChI is InChI=1S/C16H24N2O/c1-12-11-18-7-6-17-10-14(18)9-16(12,2)13-4-3-5-15(19)8-13/h3-5,8,12,14,17,19H,6-7,9-11H2,1-2H3/t12-,14+,16+/m0/s1. The zero-order valence-corrected chi connectivity index (χ0v) is 11.9. The number of fused-ring (bicyclic) bond motifs is 1. The van der Waals surface area contributed by atoms with Crippen molar-refractivity contribution in [1.82, 2.24) is 10.2 Å². The van der Waals surface area contributed by atoms with Gasteiger partial charge in [0.1, 0.15) is 5.75 Å². The minimum atomic E-state index is 0.166. The molecule has 0 amide bonds. The van der Waals surface area contributed by atoms with E-state index in [2.05, 4.69) is 30.1 Å². The molecule has 3 heteroatoms. The average molecular weight is 260 g/mol. The molecule has 2 saturated heterocycles. The molecule has 0 bridgehead atoms. The number of phenolic OH excluding ortho intramolecular Hbond substituents is 1. The lowest BCUT2D eigenvalue weighted by atomic mass is 9.65. The first-order valence-corrected chi connectivity index (χ1v) is 7.34. The Labute approximate surface area is 115 Å². The van der Waals surface area contributed by atoms with Gasteiger partial charge in [-0.25, -0.2) is 0 Å². The molecule has 19 heavy (non-hydrogen) atoms. The van der Waals surface area contributed by atoms with Crippen molar-refractivity contribution in [3.63, 3.8) is 0 Å². The minimum Gasteiger partial charge on any atom is -0.508 e. The topological polar surface area (TPSA) is 35.5 Å². The van der Waals surface area contributed by atoms with Gasteiger partial charge < -0.3 is 10.4 Å². The van der Waals surface area contributed by atoms with Crippen LogP contribution in [0, 0.1) is 5.92 Å². The van der Waals surface area contributed by atoms with E-state index in [1.165, 1.54) is 25.1 Å². The highest BCUT2D eigenvalue weighted by Crippen LogP contribution is 2.42. The van der Waals surface area contributed by atoms with Crippen LogP contribution in [0.25, 0.3) is 0 Å². The zero-order chi connectivity index (χ0) is 13.5. The van der Waals surface area contributed by atoms with Crippen LogP contribution in [0.15, 0.2) is 24.3 Å². The third-order valence-corrected chi connectivity index (χ3v) is 5.23. The Hall–Kier alpha value is -1.06. The third-order valence-electron chi connectivity index (χ3n) is 5.23. The van der Waals surface area contributed by atoms with E-state index in [4.69, 9.17) is 0 Å². The SMILES string of the molecule is C[C@H]1CN2CCNC[C@H]2C[C@@]1(C)c1cccc(O)c1. The molecule has 2 fully saturated rings. The van der Waals surface area contributed by atoms with Crippen LogP contribution in [0.2, 0.25) is 0 Å². The number of nitrogens with zero attached hydrogens (tertiary/aromatic N) is 1. The van der Waals surface area contributed by atoms with Crippen molar-refractivity contribution in [1.29, 1.82) is 0 Å². The van der Waals surface area contributed by atoms with Crippen LogP contribution in [0.3, 0.4) is 0 Å². The van der Waals surface area contributed by atoms with Crippen molar-refractivity contribution in [3.8, 4) is 5.75 Å². The van der Waals surface area contributed by atoms with Crippen LogP contribution >= 0.6 is 0 Å². The summed E-state index contributed by atoms with van der Waals surface area (Å²) in [7, 11) is 0. The Morgan fingerprint density at radius 2 is 2.26 bits per heavy atom. The summed E-state index contributed by atoms with van der Waals surface area (Å²) < 4.78 is 0. The Morgan fingerprint density at radius 3 is 3.05 bits per heavy atom. The van der Waals surface area contributed by atoms with Gasteiger partial charge in [0.05, 0.1) is 0 Å². The molecule has 0 aromatic heterocycles. The molecule has 1 aromatic carbocycles. The Bertz CT molecular complexity index is 462. The molecule has 0 radical (unpaired) electrons. The number of aromatic hydroxyl groups is 1. The van der Waals surface area contributed by atoms with Gasteiger partial charge in [-0.3, -0.25) is 4.90 Å². The molecule has 3 rings (SSSR count). The smallest absolute Gasteiger partial charge is 0.115 e.